The number of carboxylic acid groups (broad SMARTS) is 1. The van der Waals surface area contributed by atoms with E-state index >= 15 is 0 Å². The number of rotatable bonds is 8. The molecule has 0 aliphatic carbocycles. The number of unbranched alkanes of at least 4 members (excludes halogenated alkanes) is 1. The fourth-order valence-corrected chi connectivity index (χ4v) is 3.58. The molecule has 1 aromatic heterocycles. The molecule has 3 aromatic rings. The van der Waals surface area contributed by atoms with Gasteiger partial charge in [0.1, 0.15) is 11.5 Å². The van der Waals surface area contributed by atoms with Crippen molar-refractivity contribution in [1.29, 1.82) is 0 Å². The predicted molar refractivity (Wildman–Crippen MR) is 111 cm³/mol. The molecule has 148 valence electrons. The van der Waals surface area contributed by atoms with Crippen LogP contribution in [0.4, 0.5) is 0 Å². The van der Waals surface area contributed by atoms with E-state index in [0.717, 1.165) is 52.5 Å². The van der Waals surface area contributed by atoms with Crippen molar-refractivity contribution in [2.75, 3.05) is 20.8 Å². The fraction of sp³-hybridized carbons (Fsp3) is 0.318. The summed E-state index contributed by atoms with van der Waals surface area (Å²) in [5.41, 5.74) is 10.6. The van der Waals surface area contributed by atoms with Crippen LogP contribution in [0, 0.1) is 6.92 Å². The fourth-order valence-electron chi connectivity index (χ4n) is 3.58. The second-order valence-electron chi connectivity index (χ2n) is 6.81. The standard InChI is InChI=1S/C22H26N2O4/c1-13-7-8-18(22(25)26)19-17(6-4-5-9-23)21(24-20(13)19)14-10-15(27-2)12-16(11-14)28-3/h7-8,10-12,24H,4-6,9,23H2,1-3H3,(H,25,26). The summed E-state index contributed by atoms with van der Waals surface area (Å²) in [6.45, 7) is 2.58. The lowest BCUT2D eigenvalue weighted by Gasteiger charge is -2.10. The summed E-state index contributed by atoms with van der Waals surface area (Å²) in [6, 6.07) is 9.18. The van der Waals surface area contributed by atoms with Crippen molar-refractivity contribution in [3.8, 4) is 22.8 Å². The minimum atomic E-state index is -0.932. The zero-order valence-electron chi connectivity index (χ0n) is 16.5. The highest BCUT2D eigenvalue weighted by molar-refractivity contribution is 6.07. The molecule has 28 heavy (non-hydrogen) atoms. The monoisotopic (exact) mass is 382 g/mol. The molecule has 0 fully saturated rings. The normalized spacial score (nSPS) is 11.0. The predicted octanol–water partition coefficient (Wildman–Crippen LogP) is 4.14. The van der Waals surface area contributed by atoms with E-state index in [-0.39, 0.29) is 0 Å². The number of carbonyl (C=O) groups is 1. The van der Waals surface area contributed by atoms with Crippen LogP contribution in [0.15, 0.2) is 30.3 Å². The van der Waals surface area contributed by atoms with Crippen molar-refractivity contribution in [3.05, 3.63) is 47.0 Å². The second-order valence-corrected chi connectivity index (χ2v) is 6.81. The number of hydrogen-bond acceptors (Lipinski definition) is 4. The smallest absolute Gasteiger partial charge is 0.336 e. The SMILES string of the molecule is COc1cc(OC)cc(-c2[nH]c3c(C)ccc(C(=O)O)c3c2CCCCN)c1. The van der Waals surface area contributed by atoms with Crippen LogP contribution in [-0.4, -0.2) is 36.8 Å². The Morgan fingerprint density at radius 3 is 2.36 bits per heavy atom. The van der Waals surface area contributed by atoms with Gasteiger partial charge in [-0.3, -0.25) is 0 Å². The molecule has 0 saturated carbocycles. The second kappa shape index (κ2) is 8.35. The van der Waals surface area contributed by atoms with Crippen LogP contribution in [0.3, 0.4) is 0 Å². The number of aromatic carboxylic acids is 1. The van der Waals surface area contributed by atoms with Gasteiger partial charge in [0, 0.05) is 28.2 Å². The maximum absolute atomic E-state index is 11.9. The lowest BCUT2D eigenvalue weighted by molar-refractivity contribution is 0.0699. The first-order valence-corrected chi connectivity index (χ1v) is 9.31. The minimum absolute atomic E-state index is 0.306. The Kier molecular flexibility index (Phi) is 5.90. The number of carboxylic acids is 1. The summed E-state index contributed by atoms with van der Waals surface area (Å²) in [6.07, 6.45) is 2.49. The third-order valence-electron chi connectivity index (χ3n) is 5.02. The van der Waals surface area contributed by atoms with E-state index in [4.69, 9.17) is 15.2 Å². The molecule has 0 saturated heterocycles. The Morgan fingerprint density at radius 2 is 1.79 bits per heavy atom. The number of aromatic amines is 1. The van der Waals surface area contributed by atoms with Gasteiger partial charge in [0.2, 0.25) is 0 Å². The molecule has 3 rings (SSSR count). The first kappa shape index (κ1) is 19.8. The molecule has 0 spiro atoms. The van der Waals surface area contributed by atoms with Gasteiger partial charge in [-0.2, -0.15) is 0 Å². The van der Waals surface area contributed by atoms with Crippen LogP contribution in [0.5, 0.6) is 11.5 Å². The molecule has 6 nitrogen and oxygen atoms in total. The van der Waals surface area contributed by atoms with Crippen molar-refractivity contribution >= 4 is 16.9 Å². The number of aromatic nitrogens is 1. The number of ether oxygens (including phenoxy) is 2. The third kappa shape index (κ3) is 3.68. The van der Waals surface area contributed by atoms with E-state index in [1.807, 2.05) is 31.2 Å². The topological polar surface area (TPSA) is 97.6 Å². The minimum Gasteiger partial charge on any atom is -0.497 e. The van der Waals surface area contributed by atoms with Crippen LogP contribution >= 0.6 is 0 Å². The zero-order valence-corrected chi connectivity index (χ0v) is 16.5. The summed E-state index contributed by atoms with van der Waals surface area (Å²) in [7, 11) is 3.22. The van der Waals surface area contributed by atoms with Crippen LogP contribution < -0.4 is 15.2 Å². The number of H-pyrrole nitrogens is 1. The molecule has 2 aromatic carbocycles. The Hall–Kier alpha value is -2.99. The highest BCUT2D eigenvalue weighted by Crippen LogP contribution is 2.38. The number of aryl methyl sites for hydroxylation is 2. The van der Waals surface area contributed by atoms with Gasteiger partial charge in [-0.1, -0.05) is 6.07 Å². The van der Waals surface area contributed by atoms with Crippen LogP contribution in [0.25, 0.3) is 22.2 Å². The molecule has 0 aliphatic heterocycles. The maximum Gasteiger partial charge on any atom is 0.336 e. The van der Waals surface area contributed by atoms with Gasteiger partial charge in [-0.15, -0.1) is 0 Å². The van der Waals surface area contributed by atoms with Gasteiger partial charge in [0.05, 0.1) is 19.8 Å². The van der Waals surface area contributed by atoms with Crippen molar-refractivity contribution in [2.24, 2.45) is 5.73 Å². The van der Waals surface area contributed by atoms with Gasteiger partial charge in [0.25, 0.3) is 0 Å². The molecule has 1 heterocycles. The van der Waals surface area contributed by atoms with Crippen molar-refractivity contribution < 1.29 is 19.4 Å². The Bertz CT molecular complexity index is 985. The zero-order chi connectivity index (χ0) is 20.3. The summed E-state index contributed by atoms with van der Waals surface area (Å²) >= 11 is 0. The Morgan fingerprint density at radius 1 is 1.11 bits per heavy atom. The highest BCUT2D eigenvalue weighted by Gasteiger charge is 2.21. The van der Waals surface area contributed by atoms with Gasteiger partial charge in [0.15, 0.2) is 0 Å². The number of nitrogens with two attached hydrogens (primary N) is 1. The van der Waals surface area contributed by atoms with E-state index in [0.29, 0.717) is 23.6 Å². The molecular weight excluding hydrogens is 356 g/mol. The molecule has 0 unspecified atom stereocenters. The number of hydrogen-bond donors (Lipinski definition) is 3. The van der Waals surface area contributed by atoms with Crippen molar-refractivity contribution in [1.82, 2.24) is 4.98 Å². The first-order valence-electron chi connectivity index (χ1n) is 9.31. The van der Waals surface area contributed by atoms with E-state index in [9.17, 15) is 9.90 Å². The van der Waals surface area contributed by atoms with E-state index < -0.39 is 5.97 Å². The number of methoxy groups -OCH3 is 2. The molecule has 4 N–H and O–H groups in total. The summed E-state index contributed by atoms with van der Waals surface area (Å²) in [5.74, 6) is 0.422. The summed E-state index contributed by atoms with van der Waals surface area (Å²) in [5, 5.41) is 10.5. The number of benzene rings is 2. The molecule has 0 radical (unpaired) electrons. The molecule has 6 heteroatoms. The first-order chi connectivity index (χ1) is 13.5. The van der Waals surface area contributed by atoms with Gasteiger partial charge in [-0.05, 0) is 62.1 Å². The highest BCUT2D eigenvalue weighted by atomic mass is 16.5. The maximum atomic E-state index is 11.9. The van der Waals surface area contributed by atoms with Gasteiger partial charge in [-0.25, -0.2) is 4.79 Å². The van der Waals surface area contributed by atoms with E-state index in [2.05, 4.69) is 4.98 Å². The average molecular weight is 382 g/mol. The Labute approximate surface area is 164 Å². The molecule has 0 amide bonds. The number of fused-ring (bicyclic) bond motifs is 1. The number of nitrogens with one attached hydrogen (secondary N) is 1. The van der Waals surface area contributed by atoms with E-state index in [1.54, 1.807) is 20.3 Å². The lowest BCUT2D eigenvalue weighted by Crippen LogP contribution is -2.01. The quantitative estimate of drug-likeness (QED) is 0.509. The lowest BCUT2D eigenvalue weighted by atomic mass is 9.96. The summed E-state index contributed by atoms with van der Waals surface area (Å²) in [4.78, 5) is 15.3. The molecular formula is C22H26N2O4. The largest absolute Gasteiger partial charge is 0.497 e. The third-order valence-corrected chi connectivity index (χ3v) is 5.02. The van der Waals surface area contributed by atoms with Crippen molar-refractivity contribution in [2.45, 2.75) is 26.2 Å². The molecule has 0 aliphatic rings. The van der Waals surface area contributed by atoms with Crippen LogP contribution in [-0.2, 0) is 6.42 Å². The Balaban J connectivity index is 2.30. The van der Waals surface area contributed by atoms with Crippen LogP contribution in [0.1, 0.15) is 34.3 Å². The average Bonchev–Trinajstić information content (AvgIpc) is 3.08. The summed E-state index contributed by atoms with van der Waals surface area (Å²) < 4.78 is 10.8. The molecule has 0 atom stereocenters. The van der Waals surface area contributed by atoms with Crippen LogP contribution in [0.2, 0.25) is 0 Å². The van der Waals surface area contributed by atoms with Gasteiger partial charge < -0.3 is 25.3 Å². The van der Waals surface area contributed by atoms with E-state index in [1.165, 1.54) is 0 Å². The van der Waals surface area contributed by atoms with Gasteiger partial charge >= 0.3 is 5.97 Å². The molecule has 0 bridgehead atoms. The van der Waals surface area contributed by atoms with Crippen molar-refractivity contribution in [3.63, 3.8) is 0 Å².